The molecule has 0 aliphatic rings. The molecule has 17 heavy (non-hydrogen) atoms. The van der Waals surface area contributed by atoms with Gasteiger partial charge in [0.15, 0.2) is 0 Å². The summed E-state index contributed by atoms with van der Waals surface area (Å²) >= 11 is 0. The molecule has 0 radical (unpaired) electrons. The number of unbranched alkanes of at least 4 members (excludes halogenated alkanes) is 1. The van der Waals surface area contributed by atoms with Crippen LogP contribution in [0.2, 0.25) is 0 Å². The van der Waals surface area contributed by atoms with Crippen LogP contribution in [0.3, 0.4) is 0 Å². The second kappa shape index (κ2) is 8.13. The second-order valence-electron chi connectivity index (χ2n) is 4.63. The average molecular weight is 235 g/mol. The molecule has 0 heterocycles. The van der Waals surface area contributed by atoms with E-state index in [1.54, 1.807) is 0 Å². The van der Waals surface area contributed by atoms with Gasteiger partial charge in [0.1, 0.15) is 5.75 Å². The van der Waals surface area contributed by atoms with E-state index < -0.39 is 0 Å². The molecule has 0 saturated heterocycles. The summed E-state index contributed by atoms with van der Waals surface area (Å²) in [5.41, 5.74) is 1.37. The third-order valence-corrected chi connectivity index (χ3v) is 2.81. The van der Waals surface area contributed by atoms with E-state index in [4.69, 9.17) is 4.74 Å². The summed E-state index contributed by atoms with van der Waals surface area (Å²) in [7, 11) is 0. The van der Waals surface area contributed by atoms with Crippen molar-refractivity contribution >= 4 is 0 Å². The van der Waals surface area contributed by atoms with Gasteiger partial charge in [-0.1, -0.05) is 32.9 Å². The molecule has 1 N–H and O–H groups in total. The smallest absolute Gasteiger partial charge is 0.119 e. The van der Waals surface area contributed by atoms with Crippen molar-refractivity contribution in [3.63, 3.8) is 0 Å². The van der Waals surface area contributed by atoms with Gasteiger partial charge < -0.3 is 10.1 Å². The van der Waals surface area contributed by atoms with Crippen molar-refractivity contribution in [2.24, 2.45) is 0 Å². The van der Waals surface area contributed by atoms with Crippen LogP contribution in [0.5, 0.6) is 5.75 Å². The Labute approximate surface area is 105 Å². The fraction of sp³-hybridized carbons (Fsp3) is 0.600. The molecular formula is C15H25NO. The molecule has 1 aromatic rings. The lowest BCUT2D eigenvalue weighted by Gasteiger charge is -2.09. The van der Waals surface area contributed by atoms with E-state index in [0.29, 0.717) is 5.92 Å². The summed E-state index contributed by atoms with van der Waals surface area (Å²) in [6.45, 7) is 9.50. The van der Waals surface area contributed by atoms with Crippen LogP contribution in [-0.4, -0.2) is 19.7 Å². The Balaban J connectivity index is 2.19. The molecule has 1 rings (SSSR count). The lowest BCUT2D eigenvalue weighted by atomic mass is 10.0. The minimum absolute atomic E-state index is 0.587. The molecule has 1 aromatic carbocycles. The van der Waals surface area contributed by atoms with Crippen molar-refractivity contribution in [1.29, 1.82) is 0 Å². The van der Waals surface area contributed by atoms with Crippen molar-refractivity contribution in [1.82, 2.24) is 5.32 Å². The van der Waals surface area contributed by atoms with Gasteiger partial charge in [0.05, 0.1) is 6.61 Å². The van der Waals surface area contributed by atoms with Gasteiger partial charge >= 0.3 is 0 Å². The molecule has 0 aromatic heterocycles. The lowest BCUT2D eigenvalue weighted by molar-refractivity contribution is 0.306. The summed E-state index contributed by atoms with van der Waals surface area (Å²) in [4.78, 5) is 0. The zero-order valence-corrected chi connectivity index (χ0v) is 11.3. The largest absolute Gasteiger partial charge is 0.494 e. The van der Waals surface area contributed by atoms with Gasteiger partial charge in [0.25, 0.3) is 0 Å². The number of hydrogen-bond donors (Lipinski definition) is 1. The maximum atomic E-state index is 5.69. The Kier molecular flexibility index (Phi) is 6.71. The van der Waals surface area contributed by atoms with E-state index in [1.807, 2.05) is 0 Å². The molecule has 96 valence electrons. The SMILES string of the molecule is CCNCCCCOc1ccc(C(C)C)cc1. The summed E-state index contributed by atoms with van der Waals surface area (Å²) in [6, 6.07) is 8.44. The highest BCUT2D eigenvalue weighted by molar-refractivity contribution is 5.28. The molecule has 0 unspecified atom stereocenters. The van der Waals surface area contributed by atoms with Crippen LogP contribution in [0.15, 0.2) is 24.3 Å². The molecule has 0 spiro atoms. The van der Waals surface area contributed by atoms with E-state index in [9.17, 15) is 0 Å². The topological polar surface area (TPSA) is 21.3 Å². The molecule has 0 saturated carbocycles. The minimum atomic E-state index is 0.587. The fourth-order valence-corrected chi connectivity index (χ4v) is 1.67. The first-order valence-electron chi connectivity index (χ1n) is 6.67. The number of benzene rings is 1. The van der Waals surface area contributed by atoms with E-state index in [2.05, 4.69) is 50.4 Å². The van der Waals surface area contributed by atoms with Gasteiger partial charge in [0, 0.05) is 0 Å². The molecular weight excluding hydrogens is 210 g/mol. The van der Waals surface area contributed by atoms with Crippen LogP contribution in [0.4, 0.5) is 0 Å². The van der Waals surface area contributed by atoms with Crippen LogP contribution in [0.25, 0.3) is 0 Å². The van der Waals surface area contributed by atoms with E-state index in [0.717, 1.165) is 31.9 Å². The summed E-state index contributed by atoms with van der Waals surface area (Å²) in [5.74, 6) is 1.57. The van der Waals surface area contributed by atoms with Crippen molar-refractivity contribution in [3.8, 4) is 5.75 Å². The van der Waals surface area contributed by atoms with Crippen molar-refractivity contribution in [3.05, 3.63) is 29.8 Å². The third kappa shape index (κ3) is 5.73. The maximum Gasteiger partial charge on any atom is 0.119 e. The molecule has 2 heteroatoms. The van der Waals surface area contributed by atoms with E-state index in [-0.39, 0.29) is 0 Å². The highest BCUT2D eigenvalue weighted by Crippen LogP contribution is 2.18. The lowest BCUT2D eigenvalue weighted by Crippen LogP contribution is -2.14. The Hall–Kier alpha value is -1.02. The Morgan fingerprint density at radius 1 is 1.12 bits per heavy atom. The Bertz CT molecular complexity index is 292. The van der Waals surface area contributed by atoms with Gasteiger partial charge in [-0.25, -0.2) is 0 Å². The van der Waals surface area contributed by atoms with Gasteiger partial charge in [-0.2, -0.15) is 0 Å². The zero-order valence-electron chi connectivity index (χ0n) is 11.3. The quantitative estimate of drug-likeness (QED) is 0.695. The van der Waals surface area contributed by atoms with E-state index >= 15 is 0 Å². The number of rotatable bonds is 8. The second-order valence-corrected chi connectivity index (χ2v) is 4.63. The van der Waals surface area contributed by atoms with Gasteiger partial charge in [-0.05, 0) is 49.5 Å². The van der Waals surface area contributed by atoms with Crippen LogP contribution < -0.4 is 10.1 Å². The van der Waals surface area contributed by atoms with Gasteiger partial charge in [-0.15, -0.1) is 0 Å². The fourth-order valence-electron chi connectivity index (χ4n) is 1.67. The molecule has 0 aliphatic heterocycles. The zero-order chi connectivity index (χ0) is 12.5. The highest BCUT2D eigenvalue weighted by atomic mass is 16.5. The van der Waals surface area contributed by atoms with E-state index in [1.165, 1.54) is 12.0 Å². The molecule has 0 fully saturated rings. The summed E-state index contributed by atoms with van der Waals surface area (Å²) in [6.07, 6.45) is 2.29. The highest BCUT2D eigenvalue weighted by Gasteiger charge is 1.99. The van der Waals surface area contributed by atoms with Gasteiger partial charge in [0.2, 0.25) is 0 Å². The molecule has 0 aliphatic carbocycles. The Morgan fingerprint density at radius 3 is 2.41 bits per heavy atom. The normalized spacial score (nSPS) is 10.8. The number of nitrogens with one attached hydrogen (secondary N) is 1. The van der Waals surface area contributed by atoms with Crippen molar-refractivity contribution in [2.45, 2.75) is 39.5 Å². The number of ether oxygens (including phenoxy) is 1. The van der Waals surface area contributed by atoms with Crippen LogP contribution in [0.1, 0.15) is 45.1 Å². The predicted octanol–water partition coefficient (Wildman–Crippen LogP) is 3.58. The first-order chi connectivity index (χ1) is 8.24. The Morgan fingerprint density at radius 2 is 1.82 bits per heavy atom. The number of hydrogen-bond acceptors (Lipinski definition) is 2. The first kappa shape index (κ1) is 14.0. The average Bonchev–Trinajstić information content (AvgIpc) is 2.34. The standard InChI is InChI=1S/C15H25NO/c1-4-16-11-5-6-12-17-15-9-7-14(8-10-15)13(2)3/h7-10,13,16H,4-6,11-12H2,1-3H3. The third-order valence-electron chi connectivity index (χ3n) is 2.81. The van der Waals surface area contributed by atoms with Crippen LogP contribution in [-0.2, 0) is 0 Å². The molecule has 0 amide bonds. The van der Waals surface area contributed by atoms with Crippen molar-refractivity contribution in [2.75, 3.05) is 19.7 Å². The van der Waals surface area contributed by atoms with Crippen molar-refractivity contribution < 1.29 is 4.74 Å². The van der Waals surface area contributed by atoms with Gasteiger partial charge in [-0.3, -0.25) is 0 Å². The summed E-state index contributed by atoms with van der Waals surface area (Å²) in [5, 5.41) is 3.31. The predicted molar refractivity (Wildman–Crippen MR) is 73.8 cm³/mol. The molecule has 0 atom stereocenters. The maximum absolute atomic E-state index is 5.69. The van der Waals surface area contributed by atoms with Crippen LogP contribution in [0, 0.1) is 0 Å². The first-order valence-corrected chi connectivity index (χ1v) is 6.67. The molecule has 0 bridgehead atoms. The van der Waals surface area contributed by atoms with Crippen LogP contribution >= 0.6 is 0 Å². The summed E-state index contributed by atoms with van der Waals surface area (Å²) < 4.78 is 5.69. The monoisotopic (exact) mass is 235 g/mol. The molecule has 2 nitrogen and oxygen atoms in total. The minimum Gasteiger partial charge on any atom is -0.494 e.